The van der Waals surface area contributed by atoms with Gasteiger partial charge in [0.25, 0.3) is 0 Å². The van der Waals surface area contributed by atoms with Gasteiger partial charge in [-0.05, 0) is 37.3 Å². The Kier molecular flexibility index (Phi) is 3.77. The lowest BCUT2D eigenvalue weighted by Crippen LogP contribution is -2.25. The van der Waals surface area contributed by atoms with E-state index in [1.807, 2.05) is 6.07 Å². The minimum atomic E-state index is 0.102. The summed E-state index contributed by atoms with van der Waals surface area (Å²) < 4.78 is 5.91. The fourth-order valence-corrected chi connectivity index (χ4v) is 2.53. The Hall–Kier alpha value is -1.38. The standard InChI is InChI=1S/C14H21NO2/c1-2-10-5-3-6-11(9-10)17-13-8-4-7-12(16)14(13)15/h4,7-8,10-11,16H,2-3,5-6,9,15H2,1H3. The highest BCUT2D eigenvalue weighted by Crippen LogP contribution is 2.34. The Bertz CT molecular complexity index is 378. The molecule has 0 bridgehead atoms. The number of nitrogens with two attached hydrogens (primary N) is 1. The molecule has 1 aliphatic carbocycles. The number of para-hydroxylation sites is 1. The maximum Gasteiger partial charge on any atom is 0.146 e. The lowest BCUT2D eigenvalue weighted by atomic mass is 9.85. The summed E-state index contributed by atoms with van der Waals surface area (Å²) in [5.41, 5.74) is 6.14. The zero-order valence-corrected chi connectivity index (χ0v) is 10.4. The molecule has 0 aliphatic heterocycles. The van der Waals surface area contributed by atoms with Gasteiger partial charge in [0.1, 0.15) is 17.2 Å². The van der Waals surface area contributed by atoms with E-state index < -0.39 is 0 Å². The van der Waals surface area contributed by atoms with E-state index >= 15 is 0 Å². The Morgan fingerprint density at radius 2 is 2.24 bits per heavy atom. The van der Waals surface area contributed by atoms with Gasteiger partial charge in [-0.3, -0.25) is 0 Å². The Labute approximate surface area is 103 Å². The summed E-state index contributed by atoms with van der Waals surface area (Å²) >= 11 is 0. The molecule has 0 heterocycles. The normalized spacial score (nSPS) is 24.5. The van der Waals surface area contributed by atoms with Gasteiger partial charge < -0.3 is 15.6 Å². The summed E-state index contributed by atoms with van der Waals surface area (Å²) in [7, 11) is 0. The molecule has 1 fully saturated rings. The Morgan fingerprint density at radius 3 is 3.00 bits per heavy atom. The topological polar surface area (TPSA) is 55.5 Å². The van der Waals surface area contributed by atoms with Gasteiger partial charge in [0, 0.05) is 0 Å². The molecule has 0 radical (unpaired) electrons. The van der Waals surface area contributed by atoms with Crippen molar-refractivity contribution in [1.82, 2.24) is 0 Å². The van der Waals surface area contributed by atoms with E-state index in [1.54, 1.807) is 12.1 Å². The largest absolute Gasteiger partial charge is 0.506 e. The van der Waals surface area contributed by atoms with Crippen LogP contribution in [0.25, 0.3) is 0 Å². The highest BCUT2D eigenvalue weighted by Gasteiger charge is 2.22. The lowest BCUT2D eigenvalue weighted by molar-refractivity contribution is 0.122. The first-order valence-electron chi connectivity index (χ1n) is 6.44. The SMILES string of the molecule is CCC1CCCC(Oc2cccc(O)c2N)C1. The first-order chi connectivity index (χ1) is 8.20. The maximum absolute atomic E-state index is 9.52. The minimum Gasteiger partial charge on any atom is -0.506 e. The number of hydrogen-bond acceptors (Lipinski definition) is 3. The van der Waals surface area contributed by atoms with Crippen LogP contribution >= 0.6 is 0 Å². The molecule has 0 amide bonds. The van der Waals surface area contributed by atoms with Crippen molar-refractivity contribution in [2.24, 2.45) is 5.92 Å². The highest BCUT2D eigenvalue weighted by molar-refractivity contribution is 5.61. The molecule has 0 aromatic heterocycles. The molecule has 2 atom stereocenters. The number of nitrogen functional groups attached to an aromatic ring is 1. The van der Waals surface area contributed by atoms with E-state index in [2.05, 4.69) is 6.92 Å². The Morgan fingerprint density at radius 1 is 1.41 bits per heavy atom. The van der Waals surface area contributed by atoms with Crippen LogP contribution in [0, 0.1) is 5.92 Å². The number of aromatic hydroxyl groups is 1. The molecule has 1 aromatic rings. The number of phenols is 1. The predicted octanol–water partition coefficient (Wildman–Crippen LogP) is 3.32. The molecule has 3 heteroatoms. The van der Waals surface area contributed by atoms with Gasteiger partial charge in [0.15, 0.2) is 0 Å². The average Bonchev–Trinajstić information content (AvgIpc) is 2.35. The van der Waals surface area contributed by atoms with Crippen molar-refractivity contribution in [1.29, 1.82) is 0 Å². The molecule has 3 nitrogen and oxygen atoms in total. The van der Waals surface area contributed by atoms with E-state index in [-0.39, 0.29) is 11.9 Å². The molecule has 2 rings (SSSR count). The molecule has 3 N–H and O–H groups in total. The summed E-state index contributed by atoms with van der Waals surface area (Å²) in [6.07, 6.45) is 6.19. The van der Waals surface area contributed by atoms with Crippen LogP contribution in [0.4, 0.5) is 5.69 Å². The van der Waals surface area contributed by atoms with E-state index in [1.165, 1.54) is 19.3 Å². The summed E-state index contributed by atoms with van der Waals surface area (Å²) in [6.45, 7) is 2.23. The van der Waals surface area contributed by atoms with E-state index in [9.17, 15) is 5.11 Å². The molecular formula is C14H21NO2. The quantitative estimate of drug-likeness (QED) is 0.624. The monoisotopic (exact) mass is 235 g/mol. The van der Waals surface area contributed by atoms with Crippen LogP contribution < -0.4 is 10.5 Å². The molecular weight excluding hydrogens is 214 g/mol. The summed E-state index contributed by atoms with van der Waals surface area (Å²) in [5.74, 6) is 1.49. The smallest absolute Gasteiger partial charge is 0.146 e. The van der Waals surface area contributed by atoms with Gasteiger partial charge in [-0.25, -0.2) is 0 Å². The van der Waals surface area contributed by atoms with E-state index in [0.29, 0.717) is 11.4 Å². The number of ether oxygens (including phenoxy) is 1. The van der Waals surface area contributed by atoms with Gasteiger partial charge in [-0.2, -0.15) is 0 Å². The average molecular weight is 235 g/mol. The predicted molar refractivity (Wildman–Crippen MR) is 69.2 cm³/mol. The first-order valence-corrected chi connectivity index (χ1v) is 6.44. The van der Waals surface area contributed by atoms with Crippen molar-refractivity contribution < 1.29 is 9.84 Å². The van der Waals surface area contributed by atoms with Crippen molar-refractivity contribution >= 4 is 5.69 Å². The van der Waals surface area contributed by atoms with Crippen molar-refractivity contribution in [3.8, 4) is 11.5 Å². The minimum absolute atomic E-state index is 0.102. The van der Waals surface area contributed by atoms with Crippen LogP contribution in [0.3, 0.4) is 0 Å². The van der Waals surface area contributed by atoms with Gasteiger partial charge in [-0.1, -0.05) is 25.8 Å². The van der Waals surface area contributed by atoms with Crippen LogP contribution in [-0.2, 0) is 0 Å². The van der Waals surface area contributed by atoms with Gasteiger partial charge in [0.2, 0.25) is 0 Å². The highest BCUT2D eigenvalue weighted by atomic mass is 16.5. The maximum atomic E-state index is 9.52. The number of hydrogen-bond donors (Lipinski definition) is 2. The molecule has 17 heavy (non-hydrogen) atoms. The molecule has 1 aliphatic rings. The van der Waals surface area contributed by atoms with E-state index in [4.69, 9.17) is 10.5 Å². The van der Waals surface area contributed by atoms with Crippen molar-refractivity contribution in [2.75, 3.05) is 5.73 Å². The second-order valence-corrected chi connectivity index (χ2v) is 4.87. The van der Waals surface area contributed by atoms with Crippen LogP contribution in [0.15, 0.2) is 18.2 Å². The fourth-order valence-electron chi connectivity index (χ4n) is 2.53. The second-order valence-electron chi connectivity index (χ2n) is 4.87. The second kappa shape index (κ2) is 5.30. The van der Waals surface area contributed by atoms with Crippen molar-refractivity contribution in [3.63, 3.8) is 0 Å². The molecule has 0 saturated heterocycles. The summed E-state index contributed by atoms with van der Waals surface area (Å²) in [5, 5.41) is 9.52. The van der Waals surface area contributed by atoms with Crippen molar-refractivity contribution in [3.05, 3.63) is 18.2 Å². The van der Waals surface area contributed by atoms with E-state index in [0.717, 1.165) is 18.8 Å². The third-order valence-corrected chi connectivity index (χ3v) is 3.65. The zero-order chi connectivity index (χ0) is 12.3. The fraction of sp³-hybridized carbons (Fsp3) is 0.571. The van der Waals surface area contributed by atoms with Crippen molar-refractivity contribution in [2.45, 2.75) is 45.1 Å². The number of benzene rings is 1. The van der Waals surface area contributed by atoms with Gasteiger partial charge in [0.05, 0.1) is 6.10 Å². The van der Waals surface area contributed by atoms with Crippen LogP contribution in [0.5, 0.6) is 11.5 Å². The number of anilines is 1. The number of rotatable bonds is 3. The molecule has 1 aromatic carbocycles. The molecule has 0 spiro atoms. The third kappa shape index (κ3) is 2.84. The summed E-state index contributed by atoms with van der Waals surface area (Å²) in [4.78, 5) is 0. The molecule has 1 saturated carbocycles. The Balaban J connectivity index is 2.02. The number of phenolic OH excluding ortho intramolecular Hbond substituents is 1. The first kappa shape index (κ1) is 12.1. The lowest BCUT2D eigenvalue weighted by Gasteiger charge is -2.29. The third-order valence-electron chi connectivity index (χ3n) is 3.65. The summed E-state index contributed by atoms with van der Waals surface area (Å²) in [6, 6.07) is 5.17. The van der Waals surface area contributed by atoms with Crippen LogP contribution in [-0.4, -0.2) is 11.2 Å². The molecule has 94 valence electrons. The van der Waals surface area contributed by atoms with Gasteiger partial charge in [-0.15, -0.1) is 0 Å². The van der Waals surface area contributed by atoms with Gasteiger partial charge >= 0.3 is 0 Å². The van der Waals surface area contributed by atoms with Crippen LogP contribution in [0.2, 0.25) is 0 Å². The van der Waals surface area contributed by atoms with Crippen LogP contribution in [0.1, 0.15) is 39.0 Å². The zero-order valence-electron chi connectivity index (χ0n) is 10.4. The molecule has 2 unspecified atom stereocenters.